The lowest BCUT2D eigenvalue weighted by Gasteiger charge is -2.07. The highest BCUT2D eigenvalue weighted by Crippen LogP contribution is 2.37. The van der Waals surface area contributed by atoms with Gasteiger partial charge in [0, 0.05) is 5.92 Å². The van der Waals surface area contributed by atoms with Crippen molar-refractivity contribution >= 4 is 38.6 Å². The van der Waals surface area contributed by atoms with Crippen molar-refractivity contribution in [2.45, 2.75) is 35.8 Å². The number of hydrogen-bond donors (Lipinski definition) is 1. The van der Waals surface area contributed by atoms with Crippen molar-refractivity contribution in [2.75, 3.05) is 4.72 Å². The van der Waals surface area contributed by atoms with Crippen LogP contribution in [-0.4, -0.2) is 13.4 Å². The molecule has 1 aliphatic rings. The zero-order chi connectivity index (χ0) is 18.1. The third-order valence-electron chi connectivity index (χ3n) is 4.44. The van der Waals surface area contributed by atoms with Crippen molar-refractivity contribution in [3.8, 4) is 10.6 Å². The van der Waals surface area contributed by atoms with Crippen LogP contribution in [0.25, 0.3) is 10.6 Å². The molecule has 1 aromatic carbocycles. The second-order valence-electron chi connectivity index (χ2n) is 6.25. The lowest BCUT2D eigenvalue weighted by atomic mass is 10.1. The van der Waals surface area contributed by atoms with Crippen molar-refractivity contribution < 1.29 is 12.8 Å². The Labute approximate surface area is 161 Å². The second kappa shape index (κ2) is 7.06. The molecule has 136 valence electrons. The summed E-state index contributed by atoms with van der Waals surface area (Å²) < 4.78 is 33.8. The van der Waals surface area contributed by atoms with E-state index in [0.29, 0.717) is 22.4 Å². The van der Waals surface area contributed by atoms with E-state index in [1.165, 1.54) is 12.8 Å². The molecule has 0 saturated heterocycles. The molecule has 0 aliphatic heterocycles. The molecule has 1 fully saturated rings. The Bertz CT molecular complexity index is 1020. The van der Waals surface area contributed by atoms with Crippen molar-refractivity contribution in [1.29, 1.82) is 0 Å². The minimum Gasteiger partial charge on any atom is -0.440 e. The summed E-state index contributed by atoms with van der Waals surface area (Å²) in [4.78, 5) is 5.12. The number of nitrogens with one attached hydrogen (secondary N) is 1. The van der Waals surface area contributed by atoms with Crippen molar-refractivity contribution in [2.24, 2.45) is 0 Å². The van der Waals surface area contributed by atoms with Gasteiger partial charge in [0.05, 0.1) is 21.8 Å². The summed E-state index contributed by atoms with van der Waals surface area (Å²) in [6, 6.07) is 10.0. The van der Waals surface area contributed by atoms with E-state index in [0.717, 1.165) is 34.9 Å². The maximum absolute atomic E-state index is 12.6. The zero-order valence-corrected chi connectivity index (χ0v) is 16.2. The Morgan fingerprint density at radius 2 is 1.92 bits per heavy atom. The predicted molar refractivity (Wildman–Crippen MR) is 103 cm³/mol. The van der Waals surface area contributed by atoms with Gasteiger partial charge in [-0.05, 0) is 37.1 Å². The molecule has 26 heavy (non-hydrogen) atoms. The highest BCUT2D eigenvalue weighted by atomic mass is 35.5. The number of para-hydroxylation sites is 1. The standard InChI is InChI=1S/C18H17ClN2O3S2/c19-13-7-3-4-8-14(13)21-26(22,23)17-10-9-16(25-17)15-11-20-18(24-15)12-5-1-2-6-12/h3-4,7-12,21H,1-2,5-6H2. The second-order valence-corrected chi connectivity index (χ2v) is 9.65. The van der Waals surface area contributed by atoms with Gasteiger partial charge in [-0.3, -0.25) is 4.72 Å². The maximum Gasteiger partial charge on any atom is 0.271 e. The molecule has 2 heterocycles. The van der Waals surface area contributed by atoms with Crippen LogP contribution in [0.3, 0.4) is 0 Å². The first kappa shape index (κ1) is 17.6. The summed E-state index contributed by atoms with van der Waals surface area (Å²) in [5.41, 5.74) is 0.354. The van der Waals surface area contributed by atoms with Crippen molar-refractivity contribution in [1.82, 2.24) is 4.98 Å². The third-order valence-corrected chi connectivity index (χ3v) is 7.72. The quantitative estimate of drug-likeness (QED) is 0.603. The van der Waals surface area contributed by atoms with E-state index in [2.05, 4.69) is 9.71 Å². The molecule has 2 aromatic heterocycles. The number of sulfonamides is 1. The van der Waals surface area contributed by atoms with Crippen LogP contribution >= 0.6 is 22.9 Å². The number of oxazole rings is 1. The molecule has 5 nitrogen and oxygen atoms in total. The predicted octanol–water partition coefficient (Wildman–Crippen LogP) is 5.51. The largest absolute Gasteiger partial charge is 0.440 e. The van der Waals surface area contributed by atoms with Gasteiger partial charge in [-0.15, -0.1) is 11.3 Å². The average Bonchev–Trinajstić information content (AvgIpc) is 3.37. The molecule has 0 spiro atoms. The topological polar surface area (TPSA) is 72.2 Å². The first-order valence-corrected chi connectivity index (χ1v) is 11.0. The number of thiophene rings is 1. The van der Waals surface area contributed by atoms with Gasteiger partial charge in [0.2, 0.25) is 0 Å². The van der Waals surface area contributed by atoms with E-state index in [1.54, 1.807) is 42.6 Å². The molecule has 1 aliphatic carbocycles. The molecular formula is C18H17ClN2O3S2. The van der Waals surface area contributed by atoms with Gasteiger partial charge >= 0.3 is 0 Å². The first-order valence-electron chi connectivity index (χ1n) is 8.36. The van der Waals surface area contributed by atoms with Crippen LogP contribution in [0.1, 0.15) is 37.5 Å². The highest BCUT2D eigenvalue weighted by Gasteiger charge is 2.23. The van der Waals surface area contributed by atoms with Crippen LogP contribution < -0.4 is 4.72 Å². The number of anilines is 1. The number of halogens is 1. The molecular weight excluding hydrogens is 392 g/mol. The molecule has 3 aromatic rings. The molecule has 1 N–H and O–H groups in total. The van der Waals surface area contributed by atoms with Gasteiger partial charge in [0.15, 0.2) is 11.7 Å². The van der Waals surface area contributed by atoms with Gasteiger partial charge in [-0.25, -0.2) is 13.4 Å². The summed E-state index contributed by atoms with van der Waals surface area (Å²) >= 11 is 7.18. The van der Waals surface area contributed by atoms with E-state index in [1.807, 2.05) is 0 Å². The van der Waals surface area contributed by atoms with Crippen LogP contribution in [0.2, 0.25) is 5.02 Å². The minimum absolute atomic E-state index is 0.200. The normalized spacial score (nSPS) is 15.4. The fraction of sp³-hybridized carbons (Fsp3) is 0.278. The number of hydrogen-bond acceptors (Lipinski definition) is 5. The number of aromatic nitrogens is 1. The Balaban J connectivity index is 1.56. The van der Waals surface area contributed by atoms with Gasteiger partial charge in [0.25, 0.3) is 10.0 Å². The fourth-order valence-corrected chi connectivity index (χ4v) is 5.67. The molecule has 0 bridgehead atoms. The van der Waals surface area contributed by atoms with E-state index in [-0.39, 0.29) is 4.21 Å². The van der Waals surface area contributed by atoms with Crippen LogP contribution in [0.4, 0.5) is 5.69 Å². The van der Waals surface area contributed by atoms with Crippen LogP contribution in [-0.2, 0) is 10.0 Å². The highest BCUT2D eigenvalue weighted by molar-refractivity contribution is 7.94. The Hall–Kier alpha value is -1.83. The summed E-state index contributed by atoms with van der Waals surface area (Å²) in [5, 5.41) is 0.351. The Morgan fingerprint density at radius 3 is 2.69 bits per heavy atom. The average molecular weight is 409 g/mol. The van der Waals surface area contributed by atoms with E-state index < -0.39 is 10.0 Å². The molecule has 1 saturated carbocycles. The van der Waals surface area contributed by atoms with E-state index >= 15 is 0 Å². The smallest absolute Gasteiger partial charge is 0.271 e. The molecule has 0 amide bonds. The summed E-state index contributed by atoms with van der Waals surface area (Å²) in [7, 11) is -3.71. The lowest BCUT2D eigenvalue weighted by Crippen LogP contribution is -2.11. The number of rotatable bonds is 5. The summed E-state index contributed by atoms with van der Waals surface area (Å²) in [6.07, 6.45) is 6.30. The van der Waals surface area contributed by atoms with Gasteiger partial charge < -0.3 is 4.42 Å². The van der Waals surface area contributed by atoms with Crippen LogP contribution in [0.5, 0.6) is 0 Å². The van der Waals surface area contributed by atoms with Gasteiger partial charge in [0.1, 0.15) is 4.21 Å². The van der Waals surface area contributed by atoms with Crippen molar-refractivity contribution in [3.63, 3.8) is 0 Å². The van der Waals surface area contributed by atoms with E-state index in [9.17, 15) is 8.42 Å². The van der Waals surface area contributed by atoms with Crippen LogP contribution in [0.15, 0.2) is 51.2 Å². The van der Waals surface area contributed by atoms with Crippen molar-refractivity contribution in [3.05, 3.63) is 53.5 Å². The van der Waals surface area contributed by atoms with Gasteiger partial charge in [-0.1, -0.05) is 36.6 Å². The maximum atomic E-state index is 12.6. The van der Waals surface area contributed by atoms with E-state index in [4.69, 9.17) is 16.0 Å². The SMILES string of the molecule is O=S(=O)(Nc1ccccc1Cl)c1ccc(-c2cnc(C3CCCC3)o2)s1. The molecule has 0 atom stereocenters. The monoisotopic (exact) mass is 408 g/mol. The molecule has 8 heteroatoms. The van der Waals surface area contributed by atoms with Crippen LogP contribution in [0, 0.1) is 0 Å². The molecule has 0 radical (unpaired) electrons. The fourth-order valence-electron chi connectivity index (χ4n) is 3.10. The lowest BCUT2D eigenvalue weighted by molar-refractivity contribution is 0.458. The number of benzene rings is 1. The number of nitrogens with zero attached hydrogens (tertiary/aromatic N) is 1. The molecule has 0 unspecified atom stereocenters. The Morgan fingerprint density at radius 1 is 1.15 bits per heavy atom. The summed E-state index contributed by atoms with van der Waals surface area (Å²) in [6.45, 7) is 0. The Kier molecular flexibility index (Phi) is 4.77. The summed E-state index contributed by atoms with van der Waals surface area (Å²) in [5.74, 6) is 1.74. The molecule has 4 rings (SSSR count). The van der Waals surface area contributed by atoms with Gasteiger partial charge in [-0.2, -0.15) is 0 Å². The first-order chi connectivity index (χ1) is 12.5. The minimum atomic E-state index is -3.71. The zero-order valence-electron chi connectivity index (χ0n) is 13.8. The third kappa shape index (κ3) is 3.51.